The molecule has 32 heavy (non-hydrogen) atoms. The van der Waals surface area contributed by atoms with Gasteiger partial charge in [0.1, 0.15) is 16.9 Å². The fourth-order valence-corrected chi connectivity index (χ4v) is 5.82. The minimum atomic E-state index is -1.19. The predicted octanol–water partition coefficient (Wildman–Crippen LogP) is 5.80. The van der Waals surface area contributed by atoms with E-state index in [9.17, 15) is 14.7 Å². The van der Waals surface area contributed by atoms with Gasteiger partial charge in [0.25, 0.3) is 0 Å². The van der Waals surface area contributed by atoms with E-state index >= 15 is 0 Å². The molecule has 3 aromatic rings. The van der Waals surface area contributed by atoms with Crippen molar-refractivity contribution in [1.29, 1.82) is 0 Å². The van der Waals surface area contributed by atoms with Gasteiger partial charge in [0.05, 0.1) is 5.69 Å². The molecule has 2 aromatic heterocycles. The number of carboxylic acids is 1. The maximum absolute atomic E-state index is 12.7. The van der Waals surface area contributed by atoms with E-state index in [1.807, 2.05) is 10.6 Å². The van der Waals surface area contributed by atoms with Crippen LogP contribution in [0.4, 0.5) is 0 Å². The van der Waals surface area contributed by atoms with E-state index in [0.29, 0.717) is 0 Å². The molecule has 2 aliphatic heterocycles. The molecular formula is C26H27NO4S. The SMILES string of the molecule is CC1(C)Cc2c3c(cc(-c4cccs4)c2O1)-c1cc(=O)c(C(=O)O)cn1[C@H](C(C)(C)C)C3. The number of nitrogens with zero attached hydrogens (tertiary/aromatic N) is 1. The van der Waals surface area contributed by atoms with Crippen molar-refractivity contribution in [2.24, 2.45) is 5.41 Å². The zero-order chi connectivity index (χ0) is 23.0. The monoisotopic (exact) mass is 449 g/mol. The van der Waals surface area contributed by atoms with Crippen LogP contribution >= 0.6 is 11.3 Å². The number of carbonyl (C=O) groups is 1. The first-order valence-corrected chi connectivity index (χ1v) is 11.8. The van der Waals surface area contributed by atoms with Crippen molar-refractivity contribution < 1.29 is 14.6 Å². The van der Waals surface area contributed by atoms with E-state index in [1.165, 1.54) is 23.4 Å². The number of aromatic nitrogens is 1. The largest absolute Gasteiger partial charge is 0.487 e. The lowest BCUT2D eigenvalue weighted by Crippen LogP contribution is -2.33. The van der Waals surface area contributed by atoms with Crippen LogP contribution in [0.15, 0.2) is 40.6 Å². The van der Waals surface area contributed by atoms with E-state index in [2.05, 4.69) is 52.1 Å². The van der Waals surface area contributed by atoms with Gasteiger partial charge < -0.3 is 14.4 Å². The topological polar surface area (TPSA) is 68.5 Å². The maximum atomic E-state index is 12.7. The molecule has 0 saturated carbocycles. The Morgan fingerprint density at radius 1 is 1.22 bits per heavy atom. The molecule has 0 saturated heterocycles. The van der Waals surface area contributed by atoms with Gasteiger partial charge in [-0.2, -0.15) is 0 Å². The summed E-state index contributed by atoms with van der Waals surface area (Å²) in [6.07, 6.45) is 3.11. The summed E-state index contributed by atoms with van der Waals surface area (Å²) in [5.74, 6) is -0.242. The molecule has 5 rings (SSSR count). The highest BCUT2D eigenvalue weighted by atomic mass is 32.1. The molecule has 5 nitrogen and oxygen atoms in total. The highest BCUT2D eigenvalue weighted by Crippen LogP contribution is 2.52. The number of pyridine rings is 1. The Morgan fingerprint density at radius 2 is 1.97 bits per heavy atom. The predicted molar refractivity (Wildman–Crippen MR) is 127 cm³/mol. The number of hydrogen-bond acceptors (Lipinski definition) is 4. The van der Waals surface area contributed by atoms with Gasteiger partial charge in [-0.15, -0.1) is 11.3 Å². The quantitative estimate of drug-likeness (QED) is 0.537. The molecule has 166 valence electrons. The van der Waals surface area contributed by atoms with Crippen LogP contribution in [0.3, 0.4) is 0 Å². The van der Waals surface area contributed by atoms with Crippen LogP contribution in [0.2, 0.25) is 0 Å². The Labute approximate surface area is 191 Å². The van der Waals surface area contributed by atoms with E-state index in [4.69, 9.17) is 4.74 Å². The van der Waals surface area contributed by atoms with Gasteiger partial charge >= 0.3 is 5.97 Å². The normalized spacial score (nSPS) is 18.5. The number of aromatic carboxylic acids is 1. The van der Waals surface area contributed by atoms with E-state index < -0.39 is 11.4 Å². The second-order valence-electron chi connectivity index (χ2n) is 10.5. The molecule has 4 heterocycles. The van der Waals surface area contributed by atoms with Crippen molar-refractivity contribution in [3.63, 3.8) is 0 Å². The Morgan fingerprint density at radius 3 is 2.59 bits per heavy atom. The van der Waals surface area contributed by atoms with Crippen molar-refractivity contribution in [3.05, 3.63) is 62.8 Å². The number of carboxylic acid groups (broad SMARTS) is 1. The molecule has 1 N–H and O–H groups in total. The molecule has 0 bridgehead atoms. The minimum absolute atomic E-state index is 0.0177. The molecule has 0 unspecified atom stereocenters. The summed E-state index contributed by atoms with van der Waals surface area (Å²) in [7, 11) is 0. The third-order valence-corrected chi connectivity index (χ3v) is 7.49. The first-order valence-electron chi connectivity index (χ1n) is 10.9. The van der Waals surface area contributed by atoms with Crippen LogP contribution in [0.25, 0.3) is 21.7 Å². The summed E-state index contributed by atoms with van der Waals surface area (Å²) in [5.41, 5.74) is 4.18. The maximum Gasteiger partial charge on any atom is 0.341 e. The van der Waals surface area contributed by atoms with Crippen molar-refractivity contribution in [3.8, 4) is 27.4 Å². The molecule has 1 atom stereocenters. The Bertz CT molecular complexity index is 1310. The number of ether oxygens (including phenoxy) is 1. The first-order chi connectivity index (χ1) is 15.0. The smallest absolute Gasteiger partial charge is 0.341 e. The summed E-state index contributed by atoms with van der Waals surface area (Å²) in [6.45, 7) is 10.7. The van der Waals surface area contributed by atoms with Gasteiger partial charge in [-0.05, 0) is 48.8 Å². The summed E-state index contributed by atoms with van der Waals surface area (Å²) in [6, 6.07) is 7.77. The molecule has 0 radical (unpaired) electrons. The van der Waals surface area contributed by atoms with Crippen molar-refractivity contribution in [2.75, 3.05) is 0 Å². The highest BCUT2D eigenvalue weighted by molar-refractivity contribution is 7.13. The number of rotatable bonds is 2. The zero-order valence-electron chi connectivity index (χ0n) is 19.0. The highest BCUT2D eigenvalue weighted by Gasteiger charge is 2.40. The third kappa shape index (κ3) is 3.20. The lowest BCUT2D eigenvalue weighted by Gasteiger charge is -2.39. The van der Waals surface area contributed by atoms with E-state index in [1.54, 1.807) is 11.3 Å². The van der Waals surface area contributed by atoms with Gasteiger partial charge in [0, 0.05) is 46.3 Å². The number of hydrogen-bond donors (Lipinski definition) is 1. The van der Waals surface area contributed by atoms with Crippen LogP contribution in [0.5, 0.6) is 5.75 Å². The number of thiophene rings is 1. The number of benzene rings is 1. The van der Waals surface area contributed by atoms with Crippen LogP contribution < -0.4 is 10.2 Å². The van der Waals surface area contributed by atoms with E-state index in [0.717, 1.165) is 40.3 Å². The molecule has 0 aliphatic carbocycles. The fraction of sp³-hybridized carbons (Fsp3) is 0.385. The van der Waals surface area contributed by atoms with Gasteiger partial charge in [-0.25, -0.2) is 4.79 Å². The molecule has 2 aliphatic rings. The lowest BCUT2D eigenvalue weighted by molar-refractivity contribution is 0.0693. The van der Waals surface area contributed by atoms with Crippen LogP contribution in [-0.4, -0.2) is 21.2 Å². The van der Waals surface area contributed by atoms with Crippen LogP contribution in [0, 0.1) is 5.41 Å². The van der Waals surface area contributed by atoms with Crippen molar-refractivity contribution in [1.82, 2.24) is 4.57 Å². The van der Waals surface area contributed by atoms with Gasteiger partial charge in [-0.1, -0.05) is 26.8 Å². The zero-order valence-corrected chi connectivity index (χ0v) is 19.8. The number of fused-ring (bicyclic) bond motifs is 5. The first kappa shape index (κ1) is 21.0. The van der Waals surface area contributed by atoms with Gasteiger partial charge in [-0.3, -0.25) is 4.79 Å². The summed E-state index contributed by atoms with van der Waals surface area (Å²) < 4.78 is 8.47. The average molecular weight is 450 g/mol. The van der Waals surface area contributed by atoms with Crippen LogP contribution in [-0.2, 0) is 12.8 Å². The summed E-state index contributed by atoms with van der Waals surface area (Å²) in [5, 5.41) is 11.6. The Hall–Kier alpha value is -2.86. The summed E-state index contributed by atoms with van der Waals surface area (Å²) >= 11 is 1.66. The molecule has 0 spiro atoms. The molecule has 1 aromatic carbocycles. The second kappa shape index (κ2) is 6.82. The lowest BCUT2D eigenvalue weighted by atomic mass is 9.76. The fourth-order valence-electron chi connectivity index (χ4n) is 5.08. The van der Waals surface area contributed by atoms with Gasteiger partial charge in [0.2, 0.25) is 0 Å². The average Bonchev–Trinajstić information content (AvgIpc) is 3.32. The van der Waals surface area contributed by atoms with E-state index in [-0.39, 0.29) is 22.6 Å². The van der Waals surface area contributed by atoms with Crippen LogP contribution in [0.1, 0.15) is 62.1 Å². The molecule has 0 amide bonds. The van der Waals surface area contributed by atoms with Crippen molar-refractivity contribution in [2.45, 2.75) is 59.1 Å². The van der Waals surface area contributed by atoms with Gasteiger partial charge in [0.15, 0.2) is 5.43 Å². The molecular weight excluding hydrogens is 422 g/mol. The summed E-state index contributed by atoms with van der Waals surface area (Å²) in [4.78, 5) is 25.6. The van der Waals surface area contributed by atoms with Crippen molar-refractivity contribution >= 4 is 17.3 Å². The Balaban J connectivity index is 1.85. The standard InChI is InChI=1S/C26H27NO4S/c1-25(2,3)22-10-14-15(19-11-20(28)18(24(29)30)13-27(19)22)9-16(21-7-6-8-32-21)23-17(14)12-26(4,5)31-23/h6-9,11,13,22H,10,12H2,1-5H3,(H,29,30)/t22-/m0/s1. The Kier molecular flexibility index (Phi) is 4.48. The third-order valence-electron chi connectivity index (χ3n) is 6.58. The molecule has 6 heteroatoms. The second-order valence-corrected chi connectivity index (χ2v) is 11.5. The minimum Gasteiger partial charge on any atom is -0.487 e. The molecule has 0 fully saturated rings.